The number of nitrogens with one attached hydrogen (secondary N) is 3. The van der Waals surface area contributed by atoms with Crippen LogP contribution in [0.4, 0.5) is 11.4 Å². The van der Waals surface area contributed by atoms with Crippen LogP contribution >= 0.6 is 0 Å². The molecule has 6 aliphatic rings. The normalized spacial score (nSPS) is 22.3. The summed E-state index contributed by atoms with van der Waals surface area (Å²) in [4.78, 5) is 36.9. The molecule has 2 amide bonds. The molecular weight excluding hydrogens is 614 g/mol. The van der Waals surface area contributed by atoms with Gasteiger partial charge in [0.05, 0.1) is 11.4 Å². The molecule has 13 heteroatoms. The van der Waals surface area contributed by atoms with Crippen molar-refractivity contribution in [1.82, 2.24) is 16.2 Å². The van der Waals surface area contributed by atoms with Gasteiger partial charge in [-0.25, -0.2) is 10.9 Å². The van der Waals surface area contributed by atoms with Gasteiger partial charge in [0.2, 0.25) is 0 Å². The monoisotopic (exact) mass is 659 g/mol. The predicted octanol–water partition coefficient (Wildman–Crippen LogP) is 3.25. The van der Waals surface area contributed by atoms with Crippen LogP contribution in [0.2, 0.25) is 0 Å². The van der Waals surface area contributed by atoms with Crippen LogP contribution < -0.4 is 35.4 Å². The molecule has 13 nitrogen and oxygen atoms in total. The Bertz CT molecular complexity index is 1550. The Kier molecular flexibility index (Phi) is 9.58. The number of amides is 2. The number of carboxylic acids is 1. The lowest BCUT2D eigenvalue weighted by molar-refractivity contribution is -0.134. The Labute approximate surface area is 280 Å². The van der Waals surface area contributed by atoms with Gasteiger partial charge in [-0.05, 0) is 112 Å². The summed E-state index contributed by atoms with van der Waals surface area (Å²) in [5.74, 6) is 3.77. The number of nitrogens with zero attached hydrogens (tertiary/aromatic N) is 4. The molecule has 1 aliphatic carbocycles. The van der Waals surface area contributed by atoms with Crippen LogP contribution in [-0.4, -0.2) is 72.9 Å². The second-order valence-electron chi connectivity index (χ2n) is 13.4. The fraction of sp³-hybridized carbons (Fsp3) is 0.514. The molecule has 2 fully saturated rings. The van der Waals surface area contributed by atoms with Crippen LogP contribution in [0.3, 0.4) is 0 Å². The molecule has 2 atom stereocenters. The Balaban J connectivity index is 0.000000151. The first-order valence-corrected chi connectivity index (χ1v) is 16.7. The van der Waals surface area contributed by atoms with E-state index < -0.39 is 5.97 Å². The zero-order valence-electron chi connectivity index (χ0n) is 28.3. The number of hydrogen-bond acceptors (Lipinski definition) is 10. The van der Waals surface area contributed by atoms with Crippen LogP contribution in [0, 0.1) is 25.7 Å². The third-order valence-electron chi connectivity index (χ3n) is 9.86. The molecule has 4 N–H and O–H groups in total. The zero-order valence-corrected chi connectivity index (χ0v) is 28.3. The van der Waals surface area contributed by atoms with E-state index in [2.05, 4.69) is 64.5 Å². The van der Waals surface area contributed by atoms with Gasteiger partial charge >= 0.3 is 0 Å². The summed E-state index contributed by atoms with van der Waals surface area (Å²) < 4.78 is 11.7. The smallest absolute Gasteiger partial charge is 0.300 e. The van der Waals surface area contributed by atoms with Gasteiger partial charge in [0.25, 0.3) is 17.8 Å². The summed E-state index contributed by atoms with van der Waals surface area (Å²) in [5.41, 5.74) is 12.3. The lowest BCUT2D eigenvalue weighted by Gasteiger charge is -2.38. The summed E-state index contributed by atoms with van der Waals surface area (Å²) in [5, 5.41) is 19.0. The van der Waals surface area contributed by atoms with E-state index in [9.17, 15) is 9.59 Å². The maximum Gasteiger partial charge on any atom is 0.300 e. The summed E-state index contributed by atoms with van der Waals surface area (Å²) in [6.07, 6.45) is 6.22. The van der Waals surface area contributed by atoms with Gasteiger partial charge < -0.3 is 29.7 Å². The number of amidine groups is 2. The van der Waals surface area contributed by atoms with Crippen molar-refractivity contribution in [1.29, 1.82) is 0 Å². The molecule has 5 heterocycles. The molecule has 1 saturated carbocycles. The van der Waals surface area contributed by atoms with E-state index >= 15 is 0 Å². The van der Waals surface area contributed by atoms with Crippen molar-refractivity contribution >= 4 is 40.8 Å². The van der Waals surface area contributed by atoms with E-state index in [0.29, 0.717) is 19.1 Å². The van der Waals surface area contributed by atoms with E-state index in [0.717, 1.165) is 73.3 Å². The highest BCUT2D eigenvalue weighted by atomic mass is 16.5. The molecule has 2 aromatic rings. The van der Waals surface area contributed by atoms with Crippen molar-refractivity contribution in [2.45, 2.75) is 78.8 Å². The number of rotatable bonds is 4. The minimum absolute atomic E-state index is 0.0716. The molecule has 0 spiro atoms. The third kappa shape index (κ3) is 6.82. The van der Waals surface area contributed by atoms with E-state index in [1.807, 2.05) is 23.6 Å². The van der Waals surface area contributed by atoms with Crippen LogP contribution in [0.25, 0.3) is 0 Å². The third-order valence-corrected chi connectivity index (χ3v) is 9.86. The lowest BCUT2D eigenvalue weighted by atomic mass is 9.80. The largest absolute Gasteiger partial charge is 0.483 e. The molecular formula is C35H45N7O6. The highest BCUT2D eigenvalue weighted by molar-refractivity contribution is 6.10. The quantitative estimate of drug-likeness (QED) is 0.387. The zero-order chi connectivity index (χ0) is 34.1. The number of anilines is 2. The Morgan fingerprint density at radius 1 is 0.812 bits per heavy atom. The van der Waals surface area contributed by atoms with Crippen molar-refractivity contribution in [3.05, 3.63) is 46.5 Å². The fourth-order valence-corrected chi connectivity index (χ4v) is 6.68. The Hall–Kier alpha value is -4.65. The second kappa shape index (κ2) is 13.8. The van der Waals surface area contributed by atoms with Gasteiger partial charge in [0.15, 0.2) is 11.7 Å². The highest BCUT2D eigenvalue weighted by Gasteiger charge is 2.37. The van der Waals surface area contributed by atoms with E-state index in [1.54, 1.807) is 0 Å². The van der Waals surface area contributed by atoms with Gasteiger partial charge in [-0.3, -0.25) is 14.4 Å². The lowest BCUT2D eigenvalue weighted by Crippen LogP contribution is -2.55. The van der Waals surface area contributed by atoms with Crippen molar-refractivity contribution in [2.24, 2.45) is 22.0 Å². The van der Waals surface area contributed by atoms with Crippen LogP contribution in [0.1, 0.15) is 62.3 Å². The van der Waals surface area contributed by atoms with E-state index in [1.165, 1.54) is 41.5 Å². The fourth-order valence-electron chi connectivity index (χ4n) is 6.68. The number of benzene rings is 2. The highest BCUT2D eigenvalue weighted by Crippen LogP contribution is 2.40. The van der Waals surface area contributed by atoms with Crippen LogP contribution in [-0.2, 0) is 27.2 Å². The van der Waals surface area contributed by atoms with E-state index in [4.69, 9.17) is 19.4 Å². The van der Waals surface area contributed by atoms with E-state index in [-0.39, 0.29) is 23.9 Å². The van der Waals surface area contributed by atoms with Crippen LogP contribution in [0.15, 0.2) is 34.5 Å². The number of carbonyl (C=O) groups is 3. The van der Waals surface area contributed by atoms with Crippen molar-refractivity contribution in [3.8, 4) is 11.5 Å². The molecule has 1 saturated heterocycles. The van der Waals surface area contributed by atoms with Crippen molar-refractivity contribution < 1.29 is 29.0 Å². The molecule has 5 aliphatic heterocycles. The standard InChI is InChI=1S/C17H21N3O2.C16H20N4O2.C2H4O2/c1-10-6-15-14(8-13(10)7-12-4-3-5-12)20-11(2)17(21)19-18-16(20)9-22-15;1-9-3-14-13(5-12(9)4-11-6-17-7-11)20-10(2)16(21)19-18-15(20)8-22-14;1-2(3)4/h6,8,11-12H,3-5,7,9H2,1-2H3,(H,19,21);3,5,10-11,17H,4,6-8H2,1-2H3,(H,19,21);1H3,(H,3,4)/t11-;10-;/m11./s1. The molecule has 0 bridgehead atoms. The number of hydrogen-bond donors (Lipinski definition) is 4. The summed E-state index contributed by atoms with van der Waals surface area (Å²) in [7, 11) is 0. The Morgan fingerprint density at radius 2 is 1.25 bits per heavy atom. The SMILES string of the molecule is CC(=O)O.Cc1cc2c(cc1CC1CCC1)N1C(=NNC(=O)[C@H]1C)CO2.Cc1cc2c(cc1CC1CNC1)N1C(=NNC(=O)[C@H]1C)CO2. The van der Waals surface area contributed by atoms with Crippen molar-refractivity contribution in [2.75, 3.05) is 36.1 Å². The first-order chi connectivity index (χ1) is 23.0. The molecule has 0 radical (unpaired) electrons. The number of ether oxygens (including phenoxy) is 2. The maximum absolute atomic E-state index is 11.9. The molecule has 0 aromatic heterocycles. The Morgan fingerprint density at radius 3 is 1.62 bits per heavy atom. The van der Waals surface area contributed by atoms with Gasteiger partial charge in [-0.15, -0.1) is 0 Å². The molecule has 2 aromatic carbocycles. The minimum atomic E-state index is -0.833. The van der Waals surface area contributed by atoms with Crippen molar-refractivity contribution in [3.63, 3.8) is 0 Å². The first-order valence-electron chi connectivity index (χ1n) is 16.7. The van der Waals surface area contributed by atoms with Gasteiger partial charge in [-0.2, -0.15) is 10.2 Å². The second-order valence-corrected chi connectivity index (χ2v) is 13.4. The summed E-state index contributed by atoms with van der Waals surface area (Å²) >= 11 is 0. The average Bonchev–Trinajstić information content (AvgIpc) is 3.00. The number of carboxylic acid groups (broad SMARTS) is 1. The molecule has 8 rings (SSSR count). The van der Waals surface area contributed by atoms with Gasteiger partial charge in [-0.1, -0.05) is 19.3 Å². The summed E-state index contributed by atoms with van der Waals surface area (Å²) in [6, 6.07) is 8.05. The molecule has 0 unspecified atom stereocenters. The topological polar surface area (TPSA) is 157 Å². The van der Waals surface area contributed by atoms with Gasteiger partial charge in [0, 0.05) is 6.92 Å². The van der Waals surface area contributed by atoms with Crippen LogP contribution in [0.5, 0.6) is 11.5 Å². The molecule has 48 heavy (non-hydrogen) atoms. The number of hydrazone groups is 2. The van der Waals surface area contributed by atoms with Gasteiger partial charge in [0.1, 0.15) is 36.8 Å². The minimum Gasteiger partial charge on any atom is -0.483 e. The summed E-state index contributed by atoms with van der Waals surface area (Å²) in [6.45, 7) is 12.1. The molecule has 256 valence electrons. The first kappa shape index (κ1) is 33.3. The number of fused-ring (bicyclic) bond motifs is 6. The number of aryl methyl sites for hydroxylation is 2. The predicted molar refractivity (Wildman–Crippen MR) is 183 cm³/mol. The maximum atomic E-state index is 11.9. The number of aliphatic carboxylic acids is 1. The number of carbonyl (C=O) groups excluding carboxylic acids is 2. The average molecular weight is 660 g/mol.